The summed E-state index contributed by atoms with van der Waals surface area (Å²) < 4.78 is 0. The molecule has 0 aliphatic rings. The molecule has 0 saturated heterocycles. The Morgan fingerprint density at radius 1 is 0.971 bits per heavy atom. The zero-order valence-electron chi connectivity index (χ0n) is 18.4. The van der Waals surface area contributed by atoms with E-state index < -0.39 is 0 Å². The highest BCUT2D eigenvalue weighted by Crippen LogP contribution is 2.33. The summed E-state index contributed by atoms with van der Waals surface area (Å²) in [5.41, 5.74) is 3.23. The third kappa shape index (κ3) is 7.19. The SMILES string of the molecule is CC(Sc1ccc(NC(=S)Nc2ccccc2)cc1)C(=O)Nc1nc(-c2ccc(Cl)cc2Cl)cs1. The number of benzene rings is 3. The van der Waals surface area contributed by atoms with Gasteiger partial charge in [-0.2, -0.15) is 0 Å². The molecule has 0 saturated carbocycles. The molecule has 3 N–H and O–H groups in total. The van der Waals surface area contributed by atoms with Crippen molar-refractivity contribution in [3.8, 4) is 11.3 Å². The van der Waals surface area contributed by atoms with Gasteiger partial charge in [-0.1, -0.05) is 41.4 Å². The minimum atomic E-state index is -0.318. The fourth-order valence-electron chi connectivity index (χ4n) is 3.05. The number of hydrogen-bond acceptors (Lipinski definition) is 5. The minimum Gasteiger partial charge on any atom is -0.332 e. The van der Waals surface area contributed by atoms with Crippen molar-refractivity contribution >= 4 is 86.0 Å². The number of amides is 1. The smallest absolute Gasteiger partial charge is 0.239 e. The number of aromatic nitrogens is 1. The lowest BCUT2D eigenvalue weighted by atomic mass is 10.2. The van der Waals surface area contributed by atoms with Crippen molar-refractivity contribution in [2.45, 2.75) is 17.1 Å². The molecule has 3 aromatic carbocycles. The Balaban J connectivity index is 1.30. The summed E-state index contributed by atoms with van der Waals surface area (Å²) >= 11 is 20.4. The minimum absolute atomic E-state index is 0.131. The molecule has 1 aromatic heterocycles. The van der Waals surface area contributed by atoms with Crippen LogP contribution in [0.5, 0.6) is 0 Å². The lowest BCUT2D eigenvalue weighted by molar-refractivity contribution is -0.115. The molecular weight excluding hydrogens is 539 g/mol. The van der Waals surface area contributed by atoms with Gasteiger partial charge in [-0.05, 0) is 73.7 Å². The molecule has 10 heteroatoms. The van der Waals surface area contributed by atoms with E-state index in [4.69, 9.17) is 35.4 Å². The zero-order valence-corrected chi connectivity index (χ0v) is 22.4. The van der Waals surface area contributed by atoms with Crippen LogP contribution in [0, 0.1) is 0 Å². The van der Waals surface area contributed by atoms with Crippen molar-refractivity contribution in [1.29, 1.82) is 0 Å². The van der Waals surface area contributed by atoms with Gasteiger partial charge in [0.05, 0.1) is 16.0 Å². The van der Waals surface area contributed by atoms with Crippen molar-refractivity contribution in [3.05, 3.63) is 88.2 Å². The number of thiazole rings is 1. The van der Waals surface area contributed by atoms with E-state index in [9.17, 15) is 4.79 Å². The Bertz CT molecular complexity index is 1330. The first kappa shape index (κ1) is 25.5. The van der Waals surface area contributed by atoms with E-state index in [2.05, 4.69) is 20.9 Å². The normalized spacial score (nSPS) is 11.5. The van der Waals surface area contributed by atoms with Gasteiger partial charge < -0.3 is 16.0 Å². The van der Waals surface area contributed by atoms with Crippen LogP contribution < -0.4 is 16.0 Å². The molecule has 4 rings (SSSR count). The average Bonchev–Trinajstić information content (AvgIpc) is 3.29. The molecular formula is C25H20Cl2N4OS3. The monoisotopic (exact) mass is 558 g/mol. The van der Waals surface area contributed by atoms with Crippen LogP contribution in [0.1, 0.15) is 6.92 Å². The van der Waals surface area contributed by atoms with Crippen LogP contribution >= 0.6 is 58.5 Å². The highest BCUT2D eigenvalue weighted by molar-refractivity contribution is 8.00. The highest BCUT2D eigenvalue weighted by atomic mass is 35.5. The molecule has 1 amide bonds. The van der Waals surface area contributed by atoms with E-state index in [0.717, 1.165) is 21.8 Å². The number of thioether (sulfide) groups is 1. The number of nitrogens with zero attached hydrogens (tertiary/aromatic N) is 1. The summed E-state index contributed by atoms with van der Waals surface area (Å²) in [4.78, 5) is 18.2. The topological polar surface area (TPSA) is 66.0 Å². The summed E-state index contributed by atoms with van der Waals surface area (Å²) in [6, 6.07) is 22.7. The molecule has 0 radical (unpaired) electrons. The average molecular weight is 560 g/mol. The molecule has 0 bridgehead atoms. The summed E-state index contributed by atoms with van der Waals surface area (Å²) in [7, 11) is 0. The van der Waals surface area contributed by atoms with E-state index in [0.29, 0.717) is 26.0 Å². The molecule has 4 aromatic rings. The van der Waals surface area contributed by atoms with Crippen LogP contribution in [0.3, 0.4) is 0 Å². The quantitative estimate of drug-likeness (QED) is 0.157. The Kier molecular flexibility index (Phi) is 8.64. The number of anilines is 3. The third-order valence-electron chi connectivity index (χ3n) is 4.77. The van der Waals surface area contributed by atoms with Crippen LogP contribution in [0.25, 0.3) is 11.3 Å². The number of carbonyl (C=O) groups excluding carboxylic acids is 1. The first-order chi connectivity index (χ1) is 16.9. The van der Waals surface area contributed by atoms with E-state index in [-0.39, 0.29) is 11.2 Å². The van der Waals surface area contributed by atoms with Gasteiger partial charge >= 0.3 is 0 Å². The second-order valence-electron chi connectivity index (χ2n) is 7.38. The Labute approximate surface area is 227 Å². The van der Waals surface area contributed by atoms with Crippen molar-refractivity contribution < 1.29 is 4.79 Å². The van der Waals surface area contributed by atoms with Crippen molar-refractivity contribution in [1.82, 2.24) is 4.98 Å². The number of rotatable bonds is 7. The number of nitrogens with one attached hydrogen (secondary N) is 3. The summed E-state index contributed by atoms with van der Waals surface area (Å²) in [5, 5.41) is 12.8. The van der Waals surface area contributed by atoms with Gasteiger partial charge in [-0.3, -0.25) is 4.79 Å². The standard InChI is InChI=1S/C25H20Cl2N4OS3/c1-15(23(32)31-25-30-22(14-34-25)20-12-7-16(26)13-21(20)27)35-19-10-8-18(9-11-19)29-24(33)28-17-5-3-2-4-6-17/h2-15H,1H3,(H2,28,29,33)(H,30,31,32). The van der Waals surface area contributed by atoms with Crippen LogP contribution in [0.4, 0.5) is 16.5 Å². The summed E-state index contributed by atoms with van der Waals surface area (Å²) in [5.74, 6) is -0.131. The first-order valence-corrected chi connectivity index (χ1v) is 13.4. The lowest BCUT2D eigenvalue weighted by Gasteiger charge is -2.12. The molecule has 1 atom stereocenters. The fraction of sp³-hybridized carbons (Fsp3) is 0.0800. The lowest BCUT2D eigenvalue weighted by Crippen LogP contribution is -2.22. The molecule has 0 aliphatic carbocycles. The maximum Gasteiger partial charge on any atom is 0.239 e. The summed E-state index contributed by atoms with van der Waals surface area (Å²) in [6.45, 7) is 1.86. The maximum absolute atomic E-state index is 12.7. The van der Waals surface area contributed by atoms with Crippen LogP contribution in [0.2, 0.25) is 10.0 Å². The van der Waals surface area contributed by atoms with Crippen LogP contribution in [-0.4, -0.2) is 21.3 Å². The van der Waals surface area contributed by atoms with Crippen molar-refractivity contribution in [2.24, 2.45) is 0 Å². The molecule has 35 heavy (non-hydrogen) atoms. The largest absolute Gasteiger partial charge is 0.332 e. The molecule has 0 fully saturated rings. The van der Waals surface area contributed by atoms with Crippen LogP contribution in [-0.2, 0) is 4.79 Å². The molecule has 1 heterocycles. The van der Waals surface area contributed by atoms with E-state index in [1.165, 1.54) is 23.1 Å². The van der Waals surface area contributed by atoms with Gasteiger partial charge in [0, 0.05) is 32.2 Å². The number of hydrogen-bond donors (Lipinski definition) is 3. The molecule has 178 valence electrons. The van der Waals surface area contributed by atoms with Gasteiger partial charge in [0.2, 0.25) is 5.91 Å². The van der Waals surface area contributed by atoms with E-state index in [1.807, 2.05) is 73.0 Å². The van der Waals surface area contributed by atoms with Crippen molar-refractivity contribution in [2.75, 3.05) is 16.0 Å². The van der Waals surface area contributed by atoms with Gasteiger partial charge in [0.15, 0.2) is 10.2 Å². The molecule has 1 unspecified atom stereocenters. The Hall–Kier alpha value is -2.62. The Morgan fingerprint density at radius 2 is 1.66 bits per heavy atom. The number of para-hydroxylation sites is 1. The van der Waals surface area contributed by atoms with Gasteiger partial charge in [0.1, 0.15) is 0 Å². The van der Waals surface area contributed by atoms with Gasteiger partial charge in [0.25, 0.3) is 0 Å². The van der Waals surface area contributed by atoms with Gasteiger partial charge in [-0.15, -0.1) is 23.1 Å². The number of halogens is 2. The second kappa shape index (κ2) is 11.9. The predicted octanol–water partition coefficient (Wildman–Crippen LogP) is 8.05. The summed E-state index contributed by atoms with van der Waals surface area (Å²) in [6.07, 6.45) is 0. The first-order valence-electron chi connectivity index (χ1n) is 10.5. The maximum atomic E-state index is 12.7. The Morgan fingerprint density at radius 3 is 2.34 bits per heavy atom. The van der Waals surface area contributed by atoms with Crippen LogP contribution in [0.15, 0.2) is 83.1 Å². The fourth-order valence-corrected chi connectivity index (χ4v) is 5.37. The number of carbonyl (C=O) groups is 1. The highest BCUT2D eigenvalue weighted by Gasteiger charge is 2.17. The second-order valence-corrected chi connectivity index (χ2v) is 10.9. The zero-order chi connectivity index (χ0) is 24.8. The van der Waals surface area contributed by atoms with Crippen molar-refractivity contribution in [3.63, 3.8) is 0 Å². The van der Waals surface area contributed by atoms with E-state index >= 15 is 0 Å². The molecule has 0 spiro atoms. The third-order valence-corrected chi connectivity index (χ3v) is 7.39. The molecule has 0 aliphatic heterocycles. The van der Waals surface area contributed by atoms with Gasteiger partial charge in [-0.25, -0.2) is 4.98 Å². The predicted molar refractivity (Wildman–Crippen MR) is 154 cm³/mol. The molecule has 5 nitrogen and oxygen atoms in total. The van der Waals surface area contributed by atoms with E-state index in [1.54, 1.807) is 12.1 Å². The number of thiocarbonyl (C=S) groups is 1.